The van der Waals surface area contributed by atoms with E-state index in [1.54, 1.807) is 0 Å². The van der Waals surface area contributed by atoms with Gasteiger partial charge in [-0.15, -0.1) is 0 Å². The minimum atomic E-state index is 0.741. The second-order valence-corrected chi connectivity index (χ2v) is 11.6. The van der Waals surface area contributed by atoms with Gasteiger partial charge < -0.3 is 4.74 Å². The third kappa shape index (κ3) is 3.57. The number of fused-ring (bicyclic) bond motifs is 12. The fourth-order valence-electron chi connectivity index (χ4n) is 7.06. The van der Waals surface area contributed by atoms with Gasteiger partial charge in [-0.05, 0) is 103 Å². The predicted molar refractivity (Wildman–Crippen MR) is 178 cm³/mol. The Morgan fingerprint density at radius 2 is 1.18 bits per heavy atom. The molecule has 0 atom stereocenters. The van der Waals surface area contributed by atoms with Crippen molar-refractivity contribution in [1.29, 1.82) is 0 Å². The summed E-state index contributed by atoms with van der Waals surface area (Å²) in [5.41, 5.74) is 11.3. The van der Waals surface area contributed by atoms with Gasteiger partial charge >= 0.3 is 0 Å². The van der Waals surface area contributed by atoms with Crippen molar-refractivity contribution in [3.05, 3.63) is 127 Å². The third-order valence-electron chi connectivity index (χ3n) is 8.80. The Kier molecular flexibility index (Phi) is 5.14. The minimum absolute atomic E-state index is 0.741. The number of aryl methyl sites for hydroxylation is 3. The van der Waals surface area contributed by atoms with E-state index in [0.29, 0.717) is 0 Å². The summed E-state index contributed by atoms with van der Waals surface area (Å²) in [6.45, 7) is 6.54. The van der Waals surface area contributed by atoms with E-state index < -0.39 is 0 Å². The zero-order valence-electron chi connectivity index (χ0n) is 24.5. The Morgan fingerprint density at radius 3 is 1.91 bits per heavy atom. The van der Waals surface area contributed by atoms with Gasteiger partial charge in [0.15, 0.2) is 0 Å². The second kappa shape index (κ2) is 9.12. The molecule has 9 aromatic rings. The van der Waals surface area contributed by atoms with E-state index in [1.165, 1.54) is 33.2 Å². The van der Waals surface area contributed by atoms with Crippen LogP contribution in [0.3, 0.4) is 0 Å². The van der Waals surface area contributed by atoms with Crippen LogP contribution in [0.5, 0.6) is 11.5 Å². The van der Waals surface area contributed by atoms with Crippen LogP contribution < -0.4 is 4.74 Å². The number of nitrogens with zero attached hydrogens (tertiary/aromatic N) is 5. The van der Waals surface area contributed by atoms with Crippen molar-refractivity contribution >= 4 is 54.8 Å². The number of pyridine rings is 3. The third-order valence-corrected chi connectivity index (χ3v) is 8.80. The monoisotopic (exact) mass is 569 g/mol. The lowest BCUT2D eigenvalue weighted by Gasteiger charge is -2.15. The normalized spacial score (nSPS) is 12.0. The molecule has 0 radical (unpaired) electrons. The lowest BCUT2D eigenvalue weighted by Crippen LogP contribution is -1.95. The van der Waals surface area contributed by atoms with Crippen molar-refractivity contribution in [2.75, 3.05) is 0 Å². The molecule has 5 aromatic heterocycles. The van der Waals surface area contributed by atoms with Crippen LogP contribution in [0.15, 0.2) is 110 Å². The lowest BCUT2D eigenvalue weighted by molar-refractivity contribution is 0.484. The van der Waals surface area contributed by atoms with Crippen molar-refractivity contribution in [2.24, 2.45) is 0 Å². The Bertz CT molecular complexity index is 2600. The Labute approximate surface area is 252 Å². The van der Waals surface area contributed by atoms with Crippen molar-refractivity contribution in [1.82, 2.24) is 23.8 Å². The molecule has 5 heterocycles. The Morgan fingerprint density at radius 1 is 0.545 bits per heavy atom. The molecule has 6 heteroatoms. The van der Waals surface area contributed by atoms with Gasteiger partial charge in [0, 0.05) is 52.5 Å². The molecule has 0 bridgehead atoms. The van der Waals surface area contributed by atoms with E-state index in [-0.39, 0.29) is 0 Å². The summed E-state index contributed by atoms with van der Waals surface area (Å²) in [6.07, 6.45) is 9.54. The van der Waals surface area contributed by atoms with Crippen LogP contribution in [0.4, 0.5) is 0 Å². The van der Waals surface area contributed by atoms with Crippen molar-refractivity contribution in [3.63, 3.8) is 0 Å². The molecule has 0 unspecified atom stereocenters. The molecule has 0 amide bonds. The molecular weight excluding hydrogens is 542 g/mol. The van der Waals surface area contributed by atoms with E-state index >= 15 is 0 Å². The highest BCUT2D eigenvalue weighted by Gasteiger charge is 2.15. The molecule has 4 aromatic carbocycles. The number of aromatic nitrogens is 5. The van der Waals surface area contributed by atoms with Crippen LogP contribution in [0.25, 0.3) is 65.9 Å². The molecule has 0 spiro atoms. The van der Waals surface area contributed by atoms with Gasteiger partial charge in [-0.25, -0.2) is 9.97 Å². The molecule has 0 fully saturated rings. The summed E-state index contributed by atoms with van der Waals surface area (Å²) in [4.78, 5) is 14.1. The number of ether oxygens (including phenoxy) is 1. The molecule has 0 aliphatic rings. The van der Waals surface area contributed by atoms with Crippen LogP contribution in [0.1, 0.15) is 16.7 Å². The average Bonchev–Trinajstić information content (AvgIpc) is 3.72. The summed E-state index contributed by atoms with van der Waals surface area (Å²) in [5, 5.41) is 5.41. The SMILES string of the molecule is Cc1cc(C)c(-c2ccc3c4ccc(Oc5ccc6c(c5)c5nccn5c5cccnc65)cc4c4nccn4c3c2)c(C)c1. The molecule has 0 N–H and O–H groups in total. The summed E-state index contributed by atoms with van der Waals surface area (Å²) >= 11 is 0. The van der Waals surface area contributed by atoms with Gasteiger partial charge in [0.05, 0.1) is 16.6 Å². The summed E-state index contributed by atoms with van der Waals surface area (Å²) in [5.74, 6) is 1.49. The number of imidazole rings is 2. The van der Waals surface area contributed by atoms with Crippen LogP contribution in [-0.2, 0) is 0 Å². The van der Waals surface area contributed by atoms with Gasteiger partial charge in [-0.3, -0.25) is 13.8 Å². The molecule has 210 valence electrons. The maximum absolute atomic E-state index is 6.49. The number of hydrogen-bond donors (Lipinski definition) is 0. The molecule has 0 saturated heterocycles. The van der Waals surface area contributed by atoms with E-state index in [2.05, 4.69) is 100 Å². The first-order valence-electron chi connectivity index (χ1n) is 14.8. The van der Waals surface area contributed by atoms with Gasteiger partial charge in [0.2, 0.25) is 0 Å². The van der Waals surface area contributed by atoms with E-state index in [0.717, 1.165) is 60.9 Å². The summed E-state index contributed by atoms with van der Waals surface area (Å²) < 4.78 is 10.8. The highest BCUT2D eigenvalue weighted by atomic mass is 16.5. The fraction of sp³-hybridized carbons (Fsp3) is 0.0789. The van der Waals surface area contributed by atoms with Crippen LogP contribution >= 0.6 is 0 Å². The molecule has 6 nitrogen and oxygen atoms in total. The predicted octanol–water partition coefficient (Wildman–Crippen LogP) is 9.37. The Hall–Kier alpha value is -5.75. The summed E-state index contributed by atoms with van der Waals surface area (Å²) in [7, 11) is 0. The number of benzene rings is 4. The molecule has 0 aliphatic heterocycles. The summed E-state index contributed by atoms with van der Waals surface area (Å²) in [6, 6.07) is 27.7. The first-order chi connectivity index (χ1) is 21.5. The topological polar surface area (TPSA) is 56.7 Å². The van der Waals surface area contributed by atoms with Gasteiger partial charge in [0.1, 0.15) is 22.8 Å². The average molecular weight is 570 g/mol. The van der Waals surface area contributed by atoms with Gasteiger partial charge in [0.25, 0.3) is 0 Å². The molecule has 44 heavy (non-hydrogen) atoms. The lowest BCUT2D eigenvalue weighted by atomic mass is 9.92. The zero-order valence-corrected chi connectivity index (χ0v) is 24.5. The van der Waals surface area contributed by atoms with Crippen molar-refractivity contribution in [2.45, 2.75) is 20.8 Å². The van der Waals surface area contributed by atoms with E-state index in [9.17, 15) is 0 Å². The van der Waals surface area contributed by atoms with Crippen molar-refractivity contribution < 1.29 is 4.74 Å². The molecule has 9 rings (SSSR count). The standard InChI is InChI=1S/C38H27N5O/c1-22-17-23(2)35(24(3)18-22)25-6-9-29-28-10-7-26(20-31(28)37-40-14-16-43(37)34(29)19-25)44-27-8-11-30-32(21-27)38-41-13-15-42(38)33-5-4-12-39-36(30)33/h4-21H,1-3H3. The van der Waals surface area contributed by atoms with Gasteiger partial charge in [-0.2, -0.15) is 0 Å². The largest absolute Gasteiger partial charge is 0.457 e. The van der Waals surface area contributed by atoms with Gasteiger partial charge in [-0.1, -0.05) is 29.8 Å². The van der Waals surface area contributed by atoms with E-state index in [1.807, 2.05) is 49.2 Å². The highest BCUT2D eigenvalue weighted by molar-refractivity contribution is 6.13. The minimum Gasteiger partial charge on any atom is -0.457 e. The van der Waals surface area contributed by atoms with E-state index in [4.69, 9.17) is 9.72 Å². The second-order valence-electron chi connectivity index (χ2n) is 11.6. The first kappa shape index (κ1) is 24.8. The Balaban J connectivity index is 1.18. The fourth-order valence-corrected chi connectivity index (χ4v) is 7.06. The van der Waals surface area contributed by atoms with Crippen LogP contribution in [0, 0.1) is 20.8 Å². The maximum Gasteiger partial charge on any atom is 0.145 e. The smallest absolute Gasteiger partial charge is 0.145 e. The van der Waals surface area contributed by atoms with Crippen LogP contribution in [-0.4, -0.2) is 23.8 Å². The quantitative estimate of drug-likeness (QED) is 0.199. The number of hydrogen-bond acceptors (Lipinski definition) is 4. The molecule has 0 saturated carbocycles. The zero-order chi connectivity index (χ0) is 29.5. The first-order valence-corrected chi connectivity index (χ1v) is 14.8. The molecular formula is C38H27N5O. The maximum atomic E-state index is 6.49. The molecule has 0 aliphatic carbocycles. The number of rotatable bonds is 3. The van der Waals surface area contributed by atoms with Crippen molar-refractivity contribution in [3.8, 4) is 22.6 Å². The van der Waals surface area contributed by atoms with Crippen LogP contribution in [0.2, 0.25) is 0 Å². The highest BCUT2D eigenvalue weighted by Crippen LogP contribution is 2.37.